The summed E-state index contributed by atoms with van der Waals surface area (Å²) in [5.74, 6) is 0.940. The molecular formula is C12H23NO3S. The van der Waals surface area contributed by atoms with Crippen LogP contribution in [0.15, 0.2) is 0 Å². The molecule has 0 spiro atoms. The molecule has 5 heteroatoms. The summed E-state index contributed by atoms with van der Waals surface area (Å²) in [6, 6.07) is 0.502. The van der Waals surface area contributed by atoms with E-state index in [1.54, 1.807) is 6.92 Å². The maximum absolute atomic E-state index is 11.8. The van der Waals surface area contributed by atoms with E-state index in [2.05, 4.69) is 5.32 Å². The number of sulfone groups is 1. The average Bonchev–Trinajstić information content (AvgIpc) is 2.40. The van der Waals surface area contributed by atoms with Crippen LogP contribution >= 0.6 is 0 Å². The number of hydrogen-bond acceptors (Lipinski definition) is 4. The molecule has 2 fully saturated rings. The van der Waals surface area contributed by atoms with Gasteiger partial charge < -0.3 is 10.1 Å². The minimum atomic E-state index is -2.86. The van der Waals surface area contributed by atoms with Gasteiger partial charge in [0.1, 0.15) is 0 Å². The van der Waals surface area contributed by atoms with Crippen molar-refractivity contribution in [3.05, 3.63) is 0 Å². The van der Waals surface area contributed by atoms with E-state index in [1.165, 1.54) is 0 Å². The average molecular weight is 261 g/mol. The lowest BCUT2D eigenvalue weighted by molar-refractivity contribution is 0.0501. The van der Waals surface area contributed by atoms with Crippen LogP contribution in [0.4, 0.5) is 0 Å². The Labute approximate surface area is 104 Å². The first-order chi connectivity index (χ1) is 8.13. The predicted molar refractivity (Wildman–Crippen MR) is 67.8 cm³/mol. The second-order valence-electron chi connectivity index (χ2n) is 5.12. The highest BCUT2D eigenvalue weighted by Crippen LogP contribution is 2.26. The van der Waals surface area contributed by atoms with Crippen LogP contribution in [0.2, 0.25) is 0 Å². The van der Waals surface area contributed by atoms with Crippen LogP contribution in [0.25, 0.3) is 0 Å². The molecule has 0 saturated carbocycles. The zero-order valence-electron chi connectivity index (χ0n) is 10.5. The van der Waals surface area contributed by atoms with Gasteiger partial charge in [0.25, 0.3) is 0 Å². The third-order valence-corrected chi connectivity index (χ3v) is 6.38. The maximum atomic E-state index is 11.8. The van der Waals surface area contributed by atoms with E-state index >= 15 is 0 Å². The van der Waals surface area contributed by atoms with Crippen molar-refractivity contribution in [2.24, 2.45) is 5.92 Å². The Morgan fingerprint density at radius 1 is 1.18 bits per heavy atom. The molecule has 0 amide bonds. The van der Waals surface area contributed by atoms with Crippen LogP contribution in [0, 0.1) is 5.92 Å². The molecule has 0 radical (unpaired) electrons. The summed E-state index contributed by atoms with van der Waals surface area (Å²) >= 11 is 0. The molecular weight excluding hydrogens is 238 g/mol. The number of nitrogens with one attached hydrogen (secondary N) is 1. The molecule has 0 aromatic carbocycles. The fraction of sp³-hybridized carbons (Fsp3) is 1.00. The molecule has 17 heavy (non-hydrogen) atoms. The summed E-state index contributed by atoms with van der Waals surface area (Å²) in [5, 5.41) is 3.28. The summed E-state index contributed by atoms with van der Waals surface area (Å²) < 4.78 is 28.9. The molecule has 0 aromatic rings. The van der Waals surface area contributed by atoms with Crippen molar-refractivity contribution in [2.75, 3.05) is 25.5 Å². The number of rotatable bonds is 3. The van der Waals surface area contributed by atoms with Gasteiger partial charge >= 0.3 is 0 Å². The first-order valence-electron chi connectivity index (χ1n) is 6.66. The molecule has 0 aromatic heterocycles. The van der Waals surface area contributed by atoms with Crippen molar-refractivity contribution in [3.8, 4) is 0 Å². The molecule has 0 bridgehead atoms. The fourth-order valence-electron chi connectivity index (χ4n) is 2.92. The SMILES string of the molecule is CCS(=O)(=O)C1CCC(C2CCOCC2)NC1. The highest BCUT2D eigenvalue weighted by molar-refractivity contribution is 7.92. The molecule has 2 heterocycles. The zero-order chi connectivity index (χ0) is 12.3. The number of ether oxygens (including phenoxy) is 1. The first-order valence-corrected chi connectivity index (χ1v) is 8.37. The van der Waals surface area contributed by atoms with Gasteiger partial charge in [-0.15, -0.1) is 0 Å². The van der Waals surface area contributed by atoms with Crippen molar-refractivity contribution < 1.29 is 13.2 Å². The van der Waals surface area contributed by atoms with E-state index < -0.39 is 9.84 Å². The molecule has 2 atom stereocenters. The Kier molecular flexibility index (Phi) is 4.44. The highest BCUT2D eigenvalue weighted by Gasteiger charge is 2.32. The molecule has 2 saturated heterocycles. The van der Waals surface area contributed by atoms with E-state index in [0.717, 1.165) is 38.9 Å². The second kappa shape index (κ2) is 5.67. The summed E-state index contributed by atoms with van der Waals surface area (Å²) in [6.45, 7) is 4.09. The minimum absolute atomic E-state index is 0.163. The van der Waals surface area contributed by atoms with Crippen molar-refractivity contribution >= 4 is 9.84 Å². The minimum Gasteiger partial charge on any atom is -0.381 e. The Morgan fingerprint density at radius 3 is 2.41 bits per heavy atom. The normalized spacial score (nSPS) is 32.5. The van der Waals surface area contributed by atoms with Gasteiger partial charge in [0.15, 0.2) is 9.84 Å². The molecule has 100 valence electrons. The van der Waals surface area contributed by atoms with Gasteiger partial charge in [-0.25, -0.2) is 8.42 Å². The van der Waals surface area contributed by atoms with Gasteiger partial charge in [-0.3, -0.25) is 0 Å². The van der Waals surface area contributed by atoms with E-state index in [0.29, 0.717) is 18.5 Å². The molecule has 2 rings (SSSR count). The Morgan fingerprint density at radius 2 is 1.88 bits per heavy atom. The van der Waals surface area contributed by atoms with E-state index in [-0.39, 0.29) is 11.0 Å². The molecule has 2 aliphatic rings. The summed E-state index contributed by atoms with van der Waals surface area (Å²) in [7, 11) is -2.86. The largest absolute Gasteiger partial charge is 0.381 e. The van der Waals surface area contributed by atoms with Crippen LogP contribution in [0.5, 0.6) is 0 Å². The molecule has 4 nitrogen and oxygen atoms in total. The fourth-order valence-corrected chi connectivity index (χ4v) is 4.23. The van der Waals surface area contributed by atoms with Crippen molar-refractivity contribution in [2.45, 2.75) is 43.9 Å². The summed E-state index contributed by atoms with van der Waals surface area (Å²) in [4.78, 5) is 0. The van der Waals surface area contributed by atoms with Crippen molar-refractivity contribution in [3.63, 3.8) is 0 Å². The number of piperidine rings is 1. The van der Waals surface area contributed by atoms with Crippen LogP contribution < -0.4 is 5.32 Å². The predicted octanol–water partition coefficient (Wildman–Crippen LogP) is 0.968. The third kappa shape index (κ3) is 3.20. The Balaban J connectivity index is 1.85. The summed E-state index contributed by atoms with van der Waals surface area (Å²) in [5.41, 5.74) is 0. The standard InChI is InChI=1S/C12H23NO3S/c1-2-17(14,15)11-3-4-12(13-9-11)10-5-7-16-8-6-10/h10-13H,2-9H2,1H3. The summed E-state index contributed by atoms with van der Waals surface area (Å²) in [6.07, 6.45) is 4.05. The van der Waals surface area contributed by atoms with Gasteiger partial charge in [-0.05, 0) is 31.6 Å². The van der Waals surface area contributed by atoms with Crippen molar-refractivity contribution in [1.29, 1.82) is 0 Å². The van der Waals surface area contributed by atoms with Crippen LogP contribution in [-0.2, 0) is 14.6 Å². The topological polar surface area (TPSA) is 55.4 Å². The van der Waals surface area contributed by atoms with E-state index in [9.17, 15) is 8.42 Å². The quantitative estimate of drug-likeness (QED) is 0.822. The number of hydrogen-bond donors (Lipinski definition) is 1. The first kappa shape index (κ1) is 13.3. The van der Waals surface area contributed by atoms with Gasteiger partial charge in [-0.1, -0.05) is 6.92 Å². The van der Waals surface area contributed by atoms with Gasteiger partial charge in [0.2, 0.25) is 0 Å². The Bertz CT molecular complexity index is 328. The highest BCUT2D eigenvalue weighted by atomic mass is 32.2. The van der Waals surface area contributed by atoms with Crippen LogP contribution in [-0.4, -0.2) is 45.2 Å². The molecule has 2 aliphatic heterocycles. The van der Waals surface area contributed by atoms with Crippen LogP contribution in [0.1, 0.15) is 32.6 Å². The van der Waals surface area contributed by atoms with Gasteiger partial charge in [0, 0.05) is 31.6 Å². The second-order valence-corrected chi connectivity index (χ2v) is 7.69. The lowest BCUT2D eigenvalue weighted by atomic mass is 9.86. The van der Waals surface area contributed by atoms with Gasteiger partial charge in [0.05, 0.1) is 5.25 Å². The lowest BCUT2D eigenvalue weighted by Gasteiger charge is -2.36. The molecule has 0 aliphatic carbocycles. The van der Waals surface area contributed by atoms with Gasteiger partial charge in [-0.2, -0.15) is 0 Å². The monoisotopic (exact) mass is 261 g/mol. The van der Waals surface area contributed by atoms with E-state index in [4.69, 9.17) is 4.74 Å². The zero-order valence-corrected chi connectivity index (χ0v) is 11.3. The maximum Gasteiger partial charge on any atom is 0.154 e. The third-order valence-electron chi connectivity index (χ3n) is 4.15. The van der Waals surface area contributed by atoms with Crippen LogP contribution in [0.3, 0.4) is 0 Å². The molecule has 2 unspecified atom stereocenters. The smallest absolute Gasteiger partial charge is 0.154 e. The lowest BCUT2D eigenvalue weighted by Crippen LogP contribution is -2.49. The van der Waals surface area contributed by atoms with Crippen molar-refractivity contribution in [1.82, 2.24) is 5.32 Å². The van der Waals surface area contributed by atoms with E-state index in [1.807, 2.05) is 0 Å². The molecule has 1 N–H and O–H groups in total. The Hall–Kier alpha value is -0.130.